The zero-order chi connectivity index (χ0) is 13.5. The van der Waals surface area contributed by atoms with E-state index in [1.54, 1.807) is 0 Å². The maximum atomic E-state index is 12.2. The number of hydrogen-bond acceptors (Lipinski definition) is 2. The third-order valence-corrected chi connectivity index (χ3v) is 8.67. The van der Waals surface area contributed by atoms with Crippen LogP contribution in [0, 0.1) is 0 Å². The largest absolute Gasteiger partial charge is 0.395 e. The lowest BCUT2D eigenvalue weighted by atomic mass is 10.4. The first-order chi connectivity index (χ1) is 7.44. The molecule has 2 nitrogen and oxygen atoms in total. The molecule has 10 heteroatoms. The minimum Gasteiger partial charge on any atom is -0.369 e. The van der Waals surface area contributed by atoms with Crippen molar-refractivity contribution in [3.63, 3.8) is 0 Å². The molecule has 1 heterocycles. The van der Waals surface area contributed by atoms with Gasteiger partial charge in [-0.15, -0.1) is 0 Å². The van der Waals surface area contributed by atoms with E-state index in [1.165, 1.54) is 22.6 Å². The second-order valence-corrected chi connectivity index (χ2v) is 9.38. The summed E-state index contributed by atoms with van der Waals surface area (Å²) < 4.78 is 88.6. The van der Waals surface area contributed by atoms with Crippen molar-refractivity contribution in [3.8, 4) is 0 Å². The molecule has 1 aliphatic heterocycles. The van der Waals surface area contributed by atoms with Crippen LogP contribution in [0.25, 0.3) is 0 Å². The van der Waals surface area contributed by atoms with Crippen LogP contribution in [0.4, 0.5) is 26.3 Å². The van der Waals surface area contributed by atoms with Gasteiger partial charge in [-0.2, -0.15) is 26.3 Å². The summed E-state index contributed by atoms with van der Waals surface area (Å²) in [6.07, 6.45) is -12.7. The summed E-state index contributed by atoms with van der Waals surface area (Å²) >= 11 is 1.46. The highest BCUT2D eigenvalue weighted by Gasteiger charge is 2.55. The van der Waals surface area contributed by atoms with Gasteiger partial charge in [-0.25, -0.2) is 0 Å². The van der Waals surface area contributed by atoms with E-state index in [0.29, 0.717) is 0 Å². The Hall–Kier alpha value is 0.500. The van der Waals surface area contributed by atoms with Crippen molar-refractivity contribution in [1.82, 2.24) is 0 Å². The molecule has 1 rings (SSSR count). The van der Waals surface area contributed by atoms with E-state index in [2.05, 4.69) is 4.74 Å². The normalized spacial score (nSPS) is 35.2. The van der Waals surface area contributed by atoms with Gasteiger partial charge in [0.2, 0.25) is 0 Å². The van der Waals surface area contributed by atoms with Crippen molar-refractivity contribution in [2.45, 2.75) is 28.3 Å². The minimum absolute atomic E-state index is 0.339. The fourth-order valence-corrected chi connectivity index (χ4v) is 5.91. The highest BCUT2D eigenvalue weighted by Crippen LogP contribution is 2.66. The SMILES string of the molecule is O=P1(CC(F)(F)F)C(I)COC1CC(F)(F)F. The van der Waals surface area contributed by atoms with Gasteiger partial charge in [-0.3, -0.25) is 0 Å². The van der Waals surface area contributed by atoms with Crippen LogP contribution >= 0.6 is 29.7 Å². The van der Waals surface area contributed by atoms with Crippen LogP contribution in [0.3, 0.4) is 0 Å². The van der Waals surface area contributed by atoms with Crippen LogP contribution < -0.4 is 0 Å². The molecule has 0 spiro atoms. The van der Waals surface area contributed by atoms with Gasteiger partial charge < -0.3 is 9.30 Å². The molecule has 17 heavy (non-hydrogen) atoms. The third-order valence-electron chi connectivity index (χ3n) is 2.22. The fourth-order valence-electron chi connectivity index (χ4n) is 1.52. The Morgan fingerprint density at radius 2 is 1.71 bits per heavy atom. The highest BCUT2D eigenvalue weighted by molar-refractivity contribution is 14.1. The zero-order valence-electron chi connectivity index (χ0n) is 8.19. The van der Waals surface area contributed by atoms with Gasteiger partial charge in [0.05, 0.1) is 16.7 Å². The van der Waals surface area contributed by atoms with Crippen molar-refractivity contribution in [3.05, 3.63) is 0 Å². The van der Waals surface area contributed by atoms with Gasteiger partial charge in [0, 0.05) is 0 Å². The fraction of sp³-hybridized carbons (Fsp3) is 1.00. The lowest BCUT2D eigenvalue weighted by Crippen LogP contribution is -2.24. The topological polar surface area (TPSA) is 26.3 Å². The zero-order valence-corrected chi connectivity index (χ0v) is 11.2. The minimum atomic E-state index is -4.75. The molecule has 3 atom stereocenters. The average molecular weight is 396 g/mol. The molecule has 1 saturated heterocycles. The van der Waals surface area contributed by atoms with E-state index in [1.807, 2.05) is 0 Å². The van der Waals surface area contributed by atoms with Crippen LogP contribution in [0.1, 0.15) is 6.42 Å². The number of halogens is 7. The van der Waals surface area contributed by atoms with Gasteiger partial charge in [-0.05, 0) is 0 Å². The first-order valence-corrected chi connectivity index (χ1v) is 7.69. The summed E-state index contributed by atoms with van der Waals surface area (Å²) in [5, 5.41) is 0. The van der Waals surface area contributed by atoms with E-state index in [9.17, 15) is 30.9 Å². The quantitative estimate of drug-likeness (QED) is 0.306. The van der Waals surface area contributed by atoms with Crippen molar-refractivity contribution in [1.29, 1.82) is 0 Å². The Bertz CT molecular complexity index is 327. The maximum absolute atomic E-state index is 12.2. The smallest absolute Gasteiger partial charge is 0.369 e. The molecule has 0 N–H and O–H groups in total. The predicted molar refractivity (Wildman–Crippen MR) is 56.7 cm³/mol. The summed E-state index contributed by atoms with van der Waals surface area (Å²) in [4.78, 5) is 0. The summed E-state index contributed by atoms with van der Waals surface area (Å²) in [5.41, 5.74) is 0. The third kappa shape index (κ3) is 4.27. The van der Waals surface area contributed by atoms with Gasteiger partial charge in [0.1, 0.15) is 19.1 Å². The molecule has 0 aromatic carbocycles. The van der Waals surface area contributed by atoms with Crippen molar-refractivity contribution in [2.24, 2.45) is 0 Å². The summed E-state index contributed by atoms with van der Waals surface area (Å²) in [7, 11) is -4.07. The van der Waals surface area contributed by atoms with Gasteiger partial charge in [-0.1, -0.05) is 22.6 Å². The van der Waals surface area contributed by atoms with Crippen LogP contribution in [-0.4, -0.2) is 34.6 Å². The number of rotatable bonds is 2. The second kappa shape index (κ2) is 4.88. The lowest BCUT2D eigenvalue weighted by molar-refractivity contribution is -0.149. The standard InChI is InChI=1S/C7H8F6IO2P/c8-6(9,10)1-5-16-2-4(14)17(5,15)3-7(11,12)13/h4-5H,1-3H2. The number of ether oxygens (including phenoxy) is 1. The predicted octanol–water partition coefficient (Wildman–Crippen LogP) is 3.98. The average Bonchev–Trinajstić information content (AvgIpc) is 2.27. The molecule has 102 valence electrons. The summed E-state index contributed by atoms with van der Waals surface area (Å²) in [6.45, 7) is -0.339. The van der Waals surface area contributed by atoms with Crippen molar-refractivity contribution >= 4 is 29.7 Å². The molecule has 1 fully saturated rings. The van der Waals surface area contributed by atoms with Gasteiger partial charge >= 0.3 is 12.4 Å². The maximum Gasteiger partial charge on any atom is 0.395 e. The first-order valence-electron chi connectivity index (χ1n) is 4.42. The molecule has 1 aliphatic rings. The highest BCUT2D eigenvalue weighted by atomic mass is 127. The molecular formula is C7H8F6IO2P. The molecule has 0 radical (unpaired) electrons. The molecular weight excluding hydrogens is 388 g/mol. The number of hydrogen-bond donors (Lipinski definition) is 0. The first kappa shape index (κ1) is 15.6. The van der Waals surface area contributed by atoms with Crippen molar-refractivity contribution in [2.75, 3.05) is 12.8 Å². The van der Waals surface area contributed by atoms with Crippen LogP contribution in [0.15, 0.2) is 0 Å². The Kier molecular flexibility index (Phi) is 4.47. The van der Waals surface area contributed by atoms with E-state index in [0.717, 1.165) is 0 Å². The Balaban J connectivity index is 2.88. The van der Waals surface area contributed by atoms with Gasteiger partial charge in [0.25, 0.3) is 0 Å². The van der Waals surface area contributed by atoms with E-state index >= 15 is 0 Å². The Morgan fingerprint density at radius 1 is 1.18 bits per heavy atom. The Morgan fingerprint density at radius 3 is 2.12 bits per heavy atom. The van der Waals surface area contributed by atoms with Crippen LogP contribution in [-0.2, 0) is 9.30 Å². The monoisotopic (exact) mass is 396 g/mol. The Labute approximate surface area is 107 Å². The lowest BCUT2D eigenvalue weighted by Gasteiger charge is -2.23. The van der Waals surface area contributed by atoms with E-state index < -0.39 is 41.6 Å². The molecule has 0 aromatic heterocycles. The van der Waals surface area contributed by atoms with Crippen LogP contribution in [0.5, 0.6) is 0 Å². The molecule has 0 aliphatic carbocycles. The second-order valence-electron chi connectivity index (χ2n) is 3.67. The molecule has 0 saturated carbocycles. The van der Waals surface area contributed by atoms with E-state index in [-0.39, 0.29) is 6.61 Å². The molecule has 0 amide bonds. The molecule has 0 aromatic rings. The molecule has 3 unspecified atom stereocenters. The summed E-state index contributed by atoms with van der Waals surface area (Å²) in [6, 6.07) is 0. The van der Waals surface area contributed by atoms with E-state index in [4.69, 9.17) is 0 Å². The van der Waals surface area contributed by atoms with Crippen molar-refractivity contribution < 1.29 is 35.6 Å². The summed E-state index contributed by atoms with van der Waals surface area (Å²) in [5.74, 6) is -1.87. The van der Waals surface area contributed by atoms with Crippen LogP contribution in [0.2, 0.25) is 0 Å². The van der Waals surface area contributed by atoms with Gasteiger partial charge in [0.15, 0.2) is 0 Å². The molecule has 0 bridgehead atoms. The number of alkyl halides is 7.